The van der Waals surface area contributed by atoms with Gasteiger partial charge < -0.3 is 11.1 Å². The highest BCUT2D eigenvalue weighted by atomic mass is 35.5. The second-order valence-corrected chi connectivity index (χ2v) is 10.6. The maximum Gasteiger partial charge on any atom is 0.231 e. The highest BCUT2D eigenvalue weighted by Crippen LogP contribution is 2.37. The van der Waals surface area contributed by atoms with Crippen LogP contribution in [0.15, 0.2) is 48.5 Å². The molecule has 1 aliphatic rings. The molecule has 1 aromatic heterocycles. The number of benzene rings is 2. The van der Waals surface area contributed by atoms with Gasteiger partial charge in [0.2, 0.25) is 5.91 Å². The zero-order valence-electron chi connectivity index (χ0n) is 20.0. The van der Waals surface area contributed by atoms with Crippen LogP contribution in [0.5, 0.6) is 0 Å². The van der Waals surface area contributed by atoms with Crippen molar-refractivity contribution in [2.75, 3.05) is 13.1 Å². The van der Waals surface area contributed by atoms with Gasteiger partial charge in [0.1, 0.15) is 5.92 Å². The zero-order valence-corrected chi connectivity index (χ0v) is 22.3. The second-order valence-electron chi connectivity index (χ2n) is 9.33. The van der Waals surface area contributed by atoms with Crippen LogP contribution >= 0.6 is 34.8 Å². The number of hydrogen-bond acceptors (Lipinski definition) is 4. The first kappa shape index (κ1) is 25.9. The smallest absolute Gasteiger partial charge is 0.231 e. The Labute approximate surface area is 221 Å². The lowest BCUT2D eigenvalue weighted by Gasteiger charge is -2.36. The molecular formula is C27H29Cl3N4O. The van der Waals surface area contributed by atoms with Crippen LogP contribution in [0.2, 0.25) is 15.1 Å². The molecule has 1 saturated heterocycles. The fourth-order valence-corrected chi connectivity index (χ4v) is 5.71. The van der Waals surface area contributed by atoms with E-state index in [1.807, 2.05) is 31.2 Å². The number of hydrogen-bond donors (Lipinski definition) is 2. The molecule has 3 unspecified atom stereocenters. The van der Waals surface area contributed by atoms with Crippen LogP contribution in [0, 0.1) is 6.92 Å². The summed E-state index contributed by atoms with van der Waals surface area (Å²) >= 11 is 19.4. The summed E-state index contributed by atoms with van der Waals surface area (Å²) in [6.07, 6.45) is 0. The Kier molecular flexibility index (Phi) is 8.04. The van der Waals surface area contributed by atoms with E-state index in [1.54, 1.807) is 18.2 Å². The van der Waals surface area contributed by atoms with E-state index in [9.17, 15) is 4.79 Å². The van der Waals surface area contributed by atoms with Crippen molar-refractivity contribution >= 4 is 40.7 Å². The summed E-state index contributed by atoms with van der Waals surface area (Å²) in [5.74, 6) is -1.46. The first-order valence-electron chi connectivity index (χ1n) is 11.6. The number of pyridine rings is 1. The number of nitrogens with zero attached hydrogens (tertiary/aromatic N) is 2. The molecule has 0 saturated carbocycles. The third kappa shape index (κ3) is 5.82. The Hall–Kier alpha value is -2.15. The third-order valence-corrected chi connectivity index (χ3v) is 7.43. The monoisotopic (exact) mass is 530 g/mol. The highest BCUT2D eigenvalue weighted by molar-refractivity contribution is 6.36. The predicted molar refractivity (Wildman–Crippen MR) is 144 cm³/mol. The molecule has 1 fully saturated rings. The van der Waals surface area contributed by atoms with Crippen LogP contribution in [0.25, 0.3) is 11.3 Å². The molecule has 1 amide bonds. The van der Waals surface area contributed by atoms with Gasteiger partial charge in [-0.1, -0.05) is 53.0 Å². The standard InChI is InChI=1S/C27H29Cl3N4O/c1-15-12-34(13-16(2)32-15)14-18-10-23(19-6-4-7-20(28)17(19)3)33-24(11-18)26(27(31)35)25-21(29)8-5-9-22(25)30/h4-11,15-16,26,32H,12-14H2,1-3H3,(H2,31,35). The van der Waals surface area contributed by atoms with Gasteiger partial charge in [-0.2, -0.15) is 0 Å². The summed E-state index contributed by atoms with van der Waals surface area (Å²) in [5.41, 5.74) is 10.5. The lowest BCUT2D eigenvalue weighted by Crippen LogP contribution is -2.53. The van der Waals surface area contributed by atoms with Gasteiger partial charge in [-0.05, 0) is 62.2 Å². The molecule has 3 aromatic rings. The van der Waals surface area contributed by atoms with E-state index in [2.05, 4.69) is 30.1 Å². The average Bonchev–Trinajstić information content (AvgIpc) is 2.77. The fourth-order valence-electron chi connectivity index (χ4n) is 4.92. The number of nitrogens with one attached hydrogen (secondary N) is 1. The molecule has 0 radical (unpaired) electrons. The van der Waals surface area contributed by atoms with Crippen LogP contribution in [-0.2, 0) is 11.3 Å². The van der Waals surface area contributed by atoms with Crippen molar-refractivity contribution in [3.05, 3.63) is 86.0 Å². The molecule has 3 atom stereocenters. The van der Waals surface area contributed by atoms with Crippen LogP contribution < -0.4 is 11.1 Å². The maximum atomic E-state index is 12.8. The molecule has 8 heteroatoms. The molecule has 4 rings (SSSR count). The van der Waals surface area contributed by atoms with Crippen molar-refractivity contribution in [3.63, 3.8) is 0 Å². The number of carbonyl (C=O) groups is 1. The number of primary amides is 1. The van der Waals surface area contributed by atoms with E-state index >= 15 is 0 Å². The van der Waals surface area contributed by atoms with Crippen LogP contribution in [0.1, 0.15) is 42.1 Å². The van der Waals surface area contributed by atoms with E-state index < -0.39 is 11.8 Å². The molecule has 0 aliphatic carbocycles. The molecule has 3 N–H and O–H groups in total. The van der Waals surface area contributed by atoms with E-state index in [1.165, 1.54) is 0 Å². The predicted octanol–water partition coefficient (Wildman–Crippen LogP) is 5.82. The summed E-state index contributed by atoms with van der Waals surface area (Å²) in [6, 6.07) is 15.6. The maximum absolute atomic E-state index is 12.8. The Morgan fingerprint density at radius 2 is 1.66 bits per heavy atom. The molecular weight excluding hydrogens is 503 g/mol. The highest BCUT2D eigenvalue weighted by Gasteiger charge is 2.28. The summed E-state index contributed by atoms with van der Waals surface area (Å²) in [7, 11) is 0. The number of rotatable bonds is 6. The molecule has 2 heterocycles. The Morgan fingerprint density at radius 1 is 1.06 bits per heavy atom. The number of carbonyl (C=O) groups excluding carboxylic acids is 1. The molecule has 1 aliphatic heterocycles. The Morgan fingerprint density at radius 3 is 2.29 bits per heavy atom. The van der Waals surface area contributed by atoms with Gasteiger partial charge in [-0.15, -0.1) is 0 Å². The van der Waals surface area contributed by atoms with Crippen molar-refractivity contribution in [1.82, 2.24) is 15.2 Å². The van der Waals surface area contributed by atoms with Crippen molar-refractivity contribution in [2.45, 2.75) is 45.3 Å². The number of amides is 1. The van der Waals surface area contributed by atoms with Gasteiger partial charge in [0, 0.05) is 57.9 Å². The van der Waals surface area contributed by atoms with Gasteiger partial charge in [0.05, 0.1) is 11.4 Å². The second kappa shape index (κ2) is 10.9. The summed E-state index contributed by atoms with van der Waals surface area (Å²) in [4.78, 5) is 20.1. The van der Waals surface area contributed by atoms with E-state index in [4.69, 9.17) is 45.5 Å². The number of nitrogens with two attached hydrogens (primary N) is 1. The minimum absolute atomic E-state index is 0.374. The molecule has 184 valence electrons. The SMILES string of the molecule is Cc1c(Cl)cccc1-c1cc(CN2CC(C)NC(C)C2)cc(C(C(N)=O)c2c(Cl)cccc2Cl)n1. The largest absolute Gasteiger partial charge is 0.369 e. The van der Waals surface area contributed by atoms with Crippen molar-refractivity contribution < 1.29 is 4.79 Å². The molecule has 0 bridgehead atoms. The minimum Gasteiger partial charge on any atom is -0.369 e. The molecule has 35 heavy (non-hydrogen) atoms. The van der Waals surface area contributed by atoms with E-state index in [0.717, 1.165) is 35.5 Å². The summed E-state index contributed by atoms with van der Waals surface area (Å²) < 4.78 is 0. The molecule has 5 nitrogen and oxygen atoms in total. The van der Waals surface area contributed by atoms with E-state index in [-0.39, 0.29) is 0 Å². The van der Waals surface area contributed by atoms with Gasteiger partial charge >= 0.3 is 0 Å². The first-order valence-corrected chi connectivity index (χ1v) is 12.8. The third-order valence-electron chi connectivity index (χ3n) is 6.36. The van der Waals surface area contributed by atoms with E-state index in [0.29, 0.717) is 45.0 Å². The normalized spacial score (nSPS) is 19.5. The van der Waals surface area contributed by atoms with Crippen molar-refractivity contribution in [2.24, 2.45) is 5.73 Å². The number of halogens is 3. The lowest BCUT2D eigenvalue weighted by molar-refractivity contribution is -0.118. The topological polar surface area (TPSA) is 71.2 Å². The fraction of sp³-hybridized carbons (Fsp3) is 0.333. The number of aromatic nitrogens is 1. The van der Waals surface area contributed by atoms with Gasteiger partial charge in [-0.3, -0.25) is 14.7 Å². The quantitative estimate of drug-likeness (QED) is 0.421. The van der Waals surface area contributed by atoms with Gasteiger partial charge in [0.15, 0.2) is 0 Å². The number of piperazine rings is 1. The Balaban J connectivity index is 1.86. The first-order chi connectivity index (χ1) is 16.6. The van der Waals surface area contributed by atoms with Crippen LogP contribution in [-0.4, -0.2) is 41.0 Å². The van der Waals surface area contributed by atoms with Crippen molar-refractivity contribution in [3.8, 4) is 11.3 Å². The summed E-state index contributed by atoms with van der Waals surface area (Å²) in [5, 5.41) is 4.97. The van der Waals surface area contributed by atoms with Gasteiger partial charge in [0.25, 0.3) is 0 Å². The zero-order chi connectivity index (χ0) is 25.3. The van der Waals surface area contributed by atoms with Crippen LogP contribution in [0.3, 0.4) is 0 Å². The molecule has 0 spiro atoms. The lowest BCUT2D eigenvalue weighted by atomic mass is 9.92. The summed E-state index contributed by atoms with van der Waals surface area (Å²) in [6.45, 7) is 8.88. The van der Waals surface area contributed by atoms with Crippen LogP contribution in [0.4, 0.5) is 0 Å². The molecule has 2 aromatic carbocycles. The Bertz CT molecular complexity index is 1220. The minimum atomic E-state index is -0.893. The van der Waals surface area contributed by atoms with Gasteiger partial charge in [-0.25, -0.2) is 0 Å². The van der Waals surface area contributed by atoms with Crippen molar-refractivity contribution in [1.29, 1.82) is 0 Å². The average molecular weight is 532 g/mol.